The van der Waals surface area contributed by atoms with Crippen LogP contribution in [0.3, 0.4) is 0 Å². The van der Waals surface area contributed by atoms with Crippen molar-refractivity contribution in [2.75, 3.05) is 0 Å². The molecule has 0 spiro atoms. The Morgan fingerprint density at radius 3 is 1.85 bits per heavy atom. The van der Waals surface area contributed by atoms with Crippen molar-refractivity contribution in [3.63, 3.8) is 0 Å². The van der Waals surface area contributed by atoms with Gasteiger partial charge in [0, 0.05) is 11.5 Å². The largest absolute Gasteiger partial charge is 0.292 e. The molecule has 1 saturated carbocycles. The summed E-state index contributed by atoms with van der Waals surface area (Å²) in [6.45, 7) is 0. The van der Waals surface area contributed by atoms with Gasteiger partial charge in [0.05, 0.1) is 4.90 Å². The molecule has 0 N–H and O–H groups in total. The van der Waals surface area contributed by atoms with E-state index in [-0.39, 0.29) is 16.6 Å². The van der Waals surface area contributed by atoms with Crippen molar-refractivity contribution in [1.29, 1.82) is 0 Å². The summed E-state index contributed by atoms with van der Waals surface area (Å²) in [5.41, 5.74) is 1.32. The molecule has 1 aliphatic rings. The molecule has 4 rings (SSSR count). The van der Waals surface area contributed by atoms with Crippen LogP contribution in [0, 0.1) is 0 Å². The lowest BCUT2D eigenvalue weighted by Gasteiger charge is -2.18. The Morgan fingerprint density at radius 2 is 1.27 bits per heavy atom. The first-order valence-electron chi connectivity index (χ1n) is 8.52. The van der Waals surface area contributed by atoms with Crippen LogP contribution in [0.5, 0.6) is 0 Å². The van der Waals surface area contributed by atoms with E-state index >= 15 is 0 Å². The average molecular weight is 362 g/mol. The fraction of sp³-hybridized carbons (Fsp3) is 0.136. The molecule has 0 aromatic heterocycles. The highest BCUT2D eigenvalue weighted by Gasteiger charge is 2.69. The summed E-state index contributed by atoms with van der Waals surface area (Å²) >= 11 is 0. The number of Topliss-reactive ketones (excluding diaryl/α,β-unsaturated/α-hetero) is 1. The highest BCUT2D eigenvalue weighted by Crippen LogP contribution is 2.60. The molecular formula is C22H18O3S. The van der Waals surface area contributed by atoms with Crippen LogP contribution >= 0.6 is 0 Å². The fourth-order valence-corrected chi connectivity index (χ4v) is 5.83. The minimum Gasteiger partial charge on any atom is -0.292 e. The lowest BCUT2D eigenvalue weighted by atomic mass is 10.0. The molecule has 0 unspecified atom stereocenters. The predicted octanol–water partition coefficient (Wildman–Crippen LogP) is 4.27. The second-order valence-corrected chi connectivity index (χ2v) is 8.78. The first kappa shape index (κ1) is 16.7. The molecule has 3 nitrogen and oxygen atoms in total. The molecule has 0 amide bonds. The van der Waals surface area contributed by atoms with Gasteiger partial charge in [-0.3, -0.25) is 4.79 Å². The molecule has 0 heterocycles. The molecule has 1 aliphatic carbocycles. The smallest absolute Gasteiger partial charge is 0.192 e. The lowest BCUT2D eigenvalue weighted by molar-refractivity contribution is 0.0976. The molecule has 0 radical (unpaired) electrons. The van der Waals surface area contributed by atoms with Crippen LogP contribution in [-0.4, -0.2) is 18.9 Å². The maximum atomic E-state index is 13.5. The normalized spacial score (nSPS) is 21.9. The number of hydrogen-bond acceptors (Lipinski definition) is 3. The average Bonchev–Trinajstić information content (AvgIpc) is 3.47. The number of sulfone groups is 1. The Labute approximate surface area is 153 Å². The quantitative estimate of drug-likeness (QED) is 0.637. The maximum absolute atomic E-state index is 13.5. The molecule has 26 heavy (non-hydrogen) atoms. The van der Waals surface area contributed by atoms with Crippen LogP contribution in [0.1, 0.15) is 28.3 Å². The zero-order valence-corrected chi connectivity index (χ0v) is 14.9. The zero-order valence-electron chi connectivity index (χ0n) is 14.1. The highest BCUT2D eigenvalue weighted by atomic mass is 32.2. The van der Waals surface area contributed by atoms with Crippen molar-refractivity contribution in [2.24, 2.45) is 0 Å². The third-order valence-electron chi connectivity index (χ3n) is 5.07. The van der Waals surface area contributed by atoms with Crippen LogP contribution in [0.4, 0.5) is 0 Å². The number of benzene rings is 3. The second kappa shape index (κ2) is 6.22. The molecule has 0 saturated heterocycles. The Hall–Kier alpha value is -2.72. The summed E-state index contributed by atoms with van der Waals surface area (Å²) in [6.07, 6.45) is 0.308. The zero-order chi connectivity index (χ0) is 18.2. The number of carbonyl (C=O) groups is 1. The van der Waals surface area contributed by atoms with E-state index in [0.717, 1.165) is 5.56 Å². The molecule has 3 aromatic carbocycles. The summed E-state index contributed by atoms with van der Waals surface area (Å²) in [4.78, 5) is 13.6. The van der Waals surface area contributed by atoms with Gasteiger partial charge in [-0.2, -0.15) is 0 Å². The Morgan fingerprint density at radius 1 is 0.769 bits per heavy atom. The van der Waals surface area contributed by atoms with Crippen molar-refractivity contribution in [2.45, 2.75) is 22.0 Å². The van der Waals surface area contributed by atoms with E-state index in [1.807, 2.05) is 36.4 Å². The van der Waals surface area contributed by atoms with Crippen molar-refractivity contribution < 1.29 is 13.2 Å². The summed E-state index contributed by atoms with van der Waals surface area (Å²) in [6, 6.07) is 26.4. The van der Waals surface area contributed by atoms with Crippen molar-refractivity contribution in [1.82, 2.24) is 0 Å². The SMILES string of the molecule is O=C(c1ccccc1)[C@]1(S(=O)(=O)c2ccccc2)C[C@H]1c1ccccc1. The monoisotopic (exact) mass is 362 g/mol. The van der Waals surface area contributed by atoms with Gasteiger partial charge in [0.25, 0.3) is 0 Å². The lowest BCUT2D eigenvalue weighted by Crippen LogP contribution is -2.35. The first-order chi connectivity index (χ1) is 12.6. The minimum atomic E-state index is -3.82. The molecule has 1 fully saturated rings. The number of rotatable bonds is 5. The van der Waals surface area contributed by atoms with E-state index in [1.54, 1.807) is 54.6 Å². The van der Waals surface area contributed by atoms with E-state index in [1.165, 1.54) is 0 Å². The first-order valence-corrected chi connectivity index (χ1v) is 10.0. The van der Waals surface area contributed by atoms with Crippen LogP contribution in [0.25, 0.3) is 0 Å². The van der Waals surface area contributed by atoms with Gasteiger partial charge in [0.2, 0.25) is 0 Å². The van der Waals surface area contributed by atoms with Gasteiger partial charge in [-0.15, -0.1) is 0 Å². The van der Waals surface area contributed by atoms with E-state index in [0.29, 0.717) is 12.0 Å². The summed E-state index contributed by atoms with van der Waals surface area (Å²) in [5, 5.41) is 0. The van der Waals surface area contributed by atoms with Gasteiger partial charge in [-0.25, -0.2) is 8.42 Å². The third kappa shape index (κ3) is 2.49. The number of carbonyl (C=O) groups excluding carboxylic acids is 1. The Balaban J connectivity index is 1.86. The van der Waals surface area contributed by atoms with Gasteiger partial charge in [-0.1, -0.05) is 78.9 Å². The predicted molar refractivity (Wildman–Crippen MR) is 101 cm³/mol. The van der Waals surface area contributed by atoms with Crippen LogP contribution < -0.4 is 0 Å². The standard InChI is InChI=1S/C22H18O3S/c23-21(18-12-6-2-7-13-18)22(16-20(22)17-10-4-1-5-11-17)26(24,25)19-14-8-3-9-15-19/h1-15,20H,16H2/t20-,22-/m0/s1. The Bertz CT molecular complexity index is 1030. The van der Waals surface area contributed by atoms with Gasteiger partial charge in [0.15, 0.2) is 15.6 Å². The molecule has 3 aromatic rings. The molecule has 4 heteroatoms. The van der Waals surface area contributed by atoms with E-state index in [9.17, 15) is 13.2 Å². The summed E-state index contributed by atoms with van der Waals surface area (Å²) in [7, 11) is -3.82. The van der Waals surface area contributed by atoms with Crippen LogP contribution in [-0.2, 0) is 9.84 Å². The van der Waals surface area contributed by atoms with E-state index < -0.39 is 14.6 Å². The third-order valence-corrected chi connectivity index (χ3v) is 7.55. The molecule has 2 atom stereocenters. The van der Waals surface area contributed by atoms with Gasteiger partial charge >= 0.3 is 0 Å². The minimum absolute atomic E-state index is 0.197. The van der Waals surface area contributed by atoms with Crippen LogP contribution in [0.15, 0.2) is 95.9 Å². The maximum Gasteiger partial charge on any atom is 0.192 e. The summed E-state index contributed by atoms with van der Waals surface area (Å²) < 4.78 is 25.6. The van der Waals surface area contributed by atoms with Gasteiger partial charge < -0.3 is 0 Å². The van der Waals surface area contributed by atoms with Crippen LogP contribution in [0.2, 0.25) is 0 Å². The van der Waals surface area contributed by atoms with Gasteiger partial charge in [0.1, 0.15) is 4.75 Å². The molecule has 130 valence electrons. The molecule has 0 bridgehead atoms. The van der Waals surface area contributed by atoms with Crippen molar-refractivity contribution in [3.8, 4) is 0 Å². The molecular weight excluding hydrogens is 344 g/mol. The second-order valence-electron chi connectivity index (χ2n) is 6.57. The van der Waals surface area contributed by atoms with Crippen molar-refractivity contribution in [3.05, 3.63) is 102 Å². The Kier molecular flexibility index (Phi) is 4.00. The number of ketones is 1. The molecule has 0 aliphatic heterocycles. The number of hydrogen-bond donors (Lipinski definition) is 0. The summed E-state index contributed by atoms with van der Waals surface area (Å²) in [5.74, 6) is -0.655. The topological polar surface area (TPSA) is 51.2 Å². The van der Waals surface area contributed by atoms with E-state index in [4.69, 9.17) is 0 Å². The van der Waals surface area contributed by atoms with Gasteiger partial charge in [-0.05, 0) is 24.1 Å². The van der Waals surface area contributed by atoms with Crippen molar-refractivity contribution >= 4 is 15.6 Å². The van der Waals surface area contributed by atoms with E-state index in [2.05, 4.69) is 0 Å². The fourth-order valence-electron chi connectivity index (χ4n) is 3.63. The highest BCUT2D eigenvalue weighted by molar-refractivity contribution is 7.94.